The lowest BCUT2D eigenvalue weighted by atomic mass is 10.2. The molecule has 35 heavy (non-hydrogen) atoms. The van der Waals surface area contributed by atoms with Crippen LogP contribution in [0.5, 0.6) is 11.5 Å². The number of piperazine rings is 1. The van der Waals surface area contributed by atoms with E-state index < -0.39 is 15.9 Å². The minimum absolute atomic E-state index is 0.0673. The summed E-state index contributed by atoms with van der Waals surface area (Å²) in [6, 6.07) is 21.2. The van der Waals surface area contributed by atoms with Crippen molar-refractivity contribution in [2.75, 3.05) is 45.7 Å². The third-order valence-corrected chi connectivity index (χ3v) is 7.77. The largest absolute Gasteiger partial charge is 0.496 e. The van der Waals surface area contributed by atoms with Crippen LogP contribution in [0, 0.1) is 0 Å². The first-order valence-electron chi connectivity index (χ1n) is 11.3. The van der Waals surface area contributed by atoms with Crippen molar-refractivity contribution in [2.45, 2.75) is 11.5 Å². The topological polar surface area (TPSA) is 88.2 Å². The fraction of sp³-hybridized carbons (Fsp3) is 0.269. The molecule has 0 atom stereocenters. The maximum Gasteiger partial charge on any atom is 0.259 e. The summed E-state index contributed by atoms with van der Waals surface area (Å²) in [4.78, 5) is 15.2. The van der Waals surface area contributed by atoms with Crippen LogP contribution in [-0.2, 0) is 16.6 Å². The number of amides is 1. The Hall–Kier alpha value is -3.40. The maximum absolute atomic E-state index is 13.1. The third kappa shape index (κ3) is 6.00. The van der Waals surface area contributed by atoms with E-state index in [2.05, 4.69) is 10.2 Å². The molecule has 0 spiro atoms. The van der Waals surface area contributed by atoms with Crippen molar-refractivity contribution in [3.05, 3.63) is 83.9 Å². The molecule has 3 aromatic carbocycles. The SMILES string of the molecule is COc1ccc(S(=O)(=O)N2CCN(C)CC2)cc1C(=O)Nc1ccc(OCc2ccccc2)cc1. The Morgan fingerprint density at radius 3 is 2.29 bits per heavy atom. The first-order chi connectivity index (χ1) is 16.9. The van der Waals surface area contributed by atoms with E-state index >= 15 is 0 Å². The number of rotatable bonds is 8. The van der Waals surface area contributed by atoms with Gasteiger partial charge in [-0.3, -0.25) is 4.79 Å². The molecule has 3 aromatic rings. The first-order valence-corrected chi connectivity index (χ1v) is 12.8. The van der Waals surface area contributed by atoms with Gasteiger partial charge in [-0.1, -0.05) is 30.3 Å². The molecule has 0 radical (unpaired) electrons. The van der Waals surface area contributed by atoms with Crippen molar-refractivity contribution in [2.24, 2.45) is 0 Å². The molecular weight excluding hydrogens is 466 g/mol. The second-order valence-corrected chi connectivity index (χ2v) is 10.3. The quantitative estimate of drug-likeness (QED) is 0.515. The van der Waals surface area contributed by atoms with E-state index in [0.717, 1.165) is 5.56 Å². The van der Waals surface area contributed by atoms with Crippen molar-refractivity contribution in [1.29, 1.82) is 0 Å². The average Bonchev–Trinajstić information content (AvgIpc) is 2.88. The van der Waals surface area contributed by atoms with Gasteiger partial charge in [-0.25, -0.2) is 8.42 Å². The Bertz CT molecular complexity index is 1260. The number of carbonyl (C=O) groups is 1. The van der Waals surface area contributed by atoms with E-state index in [4.69, 9.17) is 9.47 Å². The van der Waals surface area contributed by atoms with Gasteiger partial charge < -0.3 is 19.7 Å². The predicted molar refractivity (Wildman–Crippen MR) is 134 cm³/mol. The zero-order valence-electron chi connectivity index (χ0n) is 19.8. The number of methoxy groups -OCH3 is 1. The van der Waals surface area contributed by atoms with Crippen molar-refractivity contribution in [3.63, 3.8) is 0 Å². The van der Waals surface area contributed by atoms with E-state index in [1.54, 1.807) is 24.3 Å². The molecule has 4 rings (SSSR count). The predicted octanol–water partition coefficient (Wildman–Crippen LogP) is 3.46. The zero-order chi connectivity index (χ0) is 24.8. The number of ether oxygens (including phenoxy) is 2. The van der Waals surface area contributed by atoms with Crippen LogP contribution in [0.1, 0.15) is 15.9 Å². The number of anilines is 1. The number of carbonyl (C=O) groups excluding carboxylic acids is 1. The molecule has 1 N–H and O–H groups in total. The molecule has 0 saturated carbocycles. The fourth-order valence-corrected chi connectivity index (χ4v) is 5.23. The second kappa shape index (κ2) is 10.9. The van der Waals surface area contributed by atoms with Crippen molar-refractivity contribution in [1.82, 2.24) is 9.21 Å². The van der Waals surface area contributed by atoms with Crippen LogP contribution in [0.15, 0.2) is 77.7 Å². The first kappa shape index (κ1) is 24.7. The van der Waals surface area contributed by atoms with Crippen LogP contribution in [0.4, 0.5) is 5.69 Å². The molecular formula is C26H29N3O5S. The number of benzene rings is 3. The Morgan fingerprint density at radius 1 is 0.943 bits per heavy atom. The summed E-state index contributed by atoms with van der Waals surface area (Å²) in [6.07, 6.45) is 0. The van der Waals surface area contributed by atoms with E-state index in [1.165, 1.54) is 29.6 Å². The molecule has 9 heteroatoms. The van der Waals surface area contributed by atoms with E-state index in [0.29, 0.717) is 50.0 Å². The molecule has 1 heterocycles. The van der Waals surface area contributed by atoms with E-state index in [-0.39, 0.29) is 10.5 Å². The van der Waals surface area contributed by atoms with E-state index in [1.807, 2.05) is 37.4 Å². The number of hydrogen-bond acceptors (Lipinski definition) is 6. The van der Waals surface area contributed by atoms with Gasteiger partial charge >= 0.3 is 0 Å². The molecule has 1 saturated heterocycles. The second-order valence-electron chi connectivity index (χ2n) is 8.32. The smallest absolute Gasteiger partial charge is 0.259 e. The van der Waals surface area contributed by atoms with Gasteiger partial charge in [0.2, 0.25) is 10.0 Å². The van der Waals surface area contributed by atoms with Crippen LogP contribution < -0.4 is 14.8 Å². The standard InChI is InChI=1S/C26H29N3O5S/c1-28-14-16-29(17-15-28)35(31,32)23-12-13-25(33-2)24(18-23)26(30)27-21-8-10-22(11-9-21)34-19-20-6-4-3-5-7-20/h3-13,18H,14-17,19H2,1-2H3,(H,27,30). The Balaban J connectivity index is 1.46. The van der Waals surface area contributed by atoms with Crippen molar-refractivity contribution < 1.29 is 22.7 Å². The highest BCUT2D eigenvalue weighted by Gasteiger charge is 2.29. The zero-order valence-corrected chi connectivity index (χ0v) is 20.6. The van der Waals surface area contributed by atoms with E-state index in [9.17, 15) is 13.2 Å². The van der Waals surface area contributed by atoms with Crippen LogP contribution in [-0.4, -0.2) is 63.9 Å². The summed E-state index contributed by atoms with van der Waals surface area (Å²) in [5.41, 5.74) is 1.76. The fourth-order valence-electron chi connectivity index (χ4n) is 3.78. The maximum atomic E-state index is 13.1. The summed E-state index contributed by atoms with van der Waals surface area (Å²) in [5, 5.41) is 2.81. The lowest BCUT2D eigenvalue weighted by Gasteiger charge is -2.31. The van der Waals surface area contributed by atoms with Gasteiger partial charge in [0.25, 0.3) is 5.91 Å². The lowest BCUT2D eigenvalue weighted by Crippen LogP contribution is -2.47. The Labute approximate surface area is 206 Å². The minimum atomic E-state index is -3.72. The monoisotopic (exact) mass is 495 g/mol. The normalized spacial score (nSPS) is 14.9. The summed E-state index contributed by atoms with van der Waals surface area (Å²) in [6.45, 7) is 2.58. The van der Waals surface area contributed by atoms with Gasteiger partial charge in [-0.15, -0.1) is 0 Å². The number of nitrogens with one attached hydrogen (secondary N) is 1. The lowest BCUT2D eigenvalue weighted by molar-refractivity contribution is 0.102. The molecule has 1 amide bonds. The minimum Gasteiger partial charge on any atom is -0.496 e. The number of sulfonamides is 1. The highest BCUT2D eigenvalue weighted by Crippen LogP contribution is 2.26. The van der Waals surface area contributed by atoms with Gasteiger partial charge in [-0.05, 0) is 55.1 Å². The molecule has 8 nitrogen and oxygen atoms in total. The highest BCUT2D eigenvalue weighted by atomic mass is 32.2. The third-order valence-electron chi connectivity index (χ3n) is 5.88. The number of hydrogen-bond donors (Lipinski definition) is 1. The number of likely N-dealkylation sites (N-methyl/N-ethyl adjacent to an activating group) is 1. The van der Waals surface area contributed by atoms with Crippen molar-refractivity contribution >= 4 is 21.6 Å². The van der Waals surface area contributed by atoms with Crippen LogP contribution in [0.3, 0.4) is 0 Å². The Morgan fingerprint density at radius 2 is 1.63 bits per heavy atom. The summed E-state index contributed by atoms with van der Waals surface area (Å²) >= 11 is 0. The highest BCUT2D eigenvalue weighted by molar-refractivity contribution is 7.89. The molecule has 1 fully saturated rings. The molecule has 1 aliphatic heterocycles. The molecule has 1 aliphatic rings. The summed E-state index contributed by atoms with van der Waals surface area (Å²) in [5.74, 6) is 0.502. The van der Waals surface area contributed by atoms with Crippen molar-refractivity contribution in [3.8, 4) is 11.5 Å². The van der Waals surface area contributed by atoms with Gasteiger partial charge in [0.1, 0.15) is 18.1 Å². The molecule has 0 aliphatic carbocycles. The molecule has 184 valence electrons. The molecule has 0 bridgehead atoms. The average molecular weight is 496 g/mol. The Kier molecular flexibility index (Phi) is 7.70. The van der Waals surface area contributed by atoms with Gasteiger partial charge in [-0.2, -0.15) is 4.31 Å². The van der Waals surface area contributed by atoms with Gasteiger partial charge in [0, 0.05) is 31.9 Å². The molecule has 0 unspecified atom stereocenters. The molecule has 0 aromatic heterocycles. The summed E-state index contributed by atoms with van der Waals surface area (Å²) < 4.78 is 38.9. The van der Waals surface area contributed by atoms with Gasteiger partial charge in [0.15, 0.2) is 0 Å². The van der Waals surface area contributed by atoms with Gasteiger partial charge in [0.05, 0.1) is 17.6 Å². The van der Waals surface area contributed by atoms with Crippen LogP contribution in [0.2, 0.25) is 0 Å². The van der Waals surface area contributed by atoms with Crippen LogP contribution in [0.25, 0.3) is 0 Å². The number of nitrogens with zero attached hydrogens (tertiary/aromatic N) is 2. The summed E-state index contributed by atoms with van der Waals surface area (Å²) in [7, 11) is -0.315. The van der Waals surface area contributed by atoms with Crippen LogP contribution >= 0.6 is 0 Å².